The van der Waals surface area contributed by atoms with E-state index < -0.39 is 0 Å². The van der Waals surface area contributed by atoms with Crippen molar-refractivity contribution in [3.8, 4) is 0 Å². The highest BCUT2D eigenvalue weighted by Crippen LogP contribution is 2.17. The van der Waals surface area contributed by atoms with Crippen LogP contribution in [-0.2, 0) is 6.61 Å². The molecule has 0 atom stereocenters. The molecule has 3 nitrogen and oxygen atoms in total. The zero-order chi connectivity index (χ0) is 7.56. The van der Waals surface area contributed by atoms with E-state index in [1.807, 2.05) is 13.8 Å². The Kier molecular flexibility index (Phi) is 2.06. The molecule has 0 saturated heterocycles. The summed E-state index contributed by atoms with van der Waals surface area (Å²) < 4.78 is 4.69. The van der Waals surface area contributed by atoms with Crippen LogP contribution in [0.3, 0.4) is 0 Å². The summed E-state index contributed by atoms with van der Waals surface area (Å²) in [7, 11) is 0. The molecule has 1 aromatic heterocycles. The molecular weight excluding hydrogens is 130 g/mol. The van der Waals surface area contributed by atoms with Crippen molar-refractivity contribution in [2.75, 3.05) is 0 Å². The number of aliphatic hydroxyl groups is 1. The number of hydrogen-bond acceptors (Lipinski definition) is 3. The predicted molar refractivity (Wildman–Crippen MR) is 36.5 cm³/mol. The SMILES string of the molecule is CC(C)c1conc1CO. The number of rotatable bonds is 2. The molecule has 1 N–H and O–H groups in total. The molecule has 0 unspecified atom stereocenters. The third-order valence-corrected chi connectivity index (χ3v) is 1.45. The van der Waals surface area contributed by atoms with Gasteiger partial charge in [0.1, 0.15) is 12.0 Å². The Balaban J connectivity index is 2.90. The van der Waals surface area contributed by atoms with Crippen molar-refractivity contribution in [2.24, 2.45) is 0 Å². The zero-order valence-electron chi connectivity index (χ0n) is 6.16. The normalized spacial score (nSPS) is 10.8. The molecule has 0 aliphatic heterocycles. The smallest absolute Gasteiger partial charge is 0.127 e. The van der Waals surface area contributed by atoms with Crippen LogP contribution >= 0.6 is 0 Å². The first kappa shape index (κ1) is 7.28. The van der Waals surface area contributed by atoms with Crippen LogP contribution < -0.4 is 0 Å². The van der Waals surface area contributed by atoms with Crippen LogP contribution in [0.2, 0.25) is 0 Å². The second kappa shape index (κ2) is 2.84. The summed E-state index contributed by atoms with van der Waals surface area (Å²) in [5.74, 6) is 0.369. The fraction of sp³-hybridized carbons (Fsp3) is 0.571. The van der Waals surface area contributed by atoms with Gasteiger partial charge in [-0.2, -0.15) is 0 Å². The molecule has 0 radical (unpaired) electrons. The highest BCUT2D eigenvalue weighted by Gasteiger charge is 2.08. The minimum atomic E-state index is -0.0377. The third kappa shape index (κ3) is 1.19. The number of aliphatic hydroxyl groups excluding tert-OH is 1. The average Bonchev–Trinajstić information content (AvgIpc) is 2.33. The lowest BCUT2D eigenvalue weighted by Gasteiger charge is -1.99. The minimum Gasteiger partial charge on any atom is -0.390 e. The van der Waals surface area contributed by atoms with Crippen LogP contribution in [-0.4, -0.2) is 10.3 Å². The first-order chi connectivity index (χ1) is 4.75. The van der Waals surface area contributed by atoms with Gasteiger partial charge in [-0.05, 0) is 5.92 Å². The van der Waals surface area contributed by atoms with E-state index in [0.717, 1.165) is 5.56 Å². The van der Waals surface area contributed by atoms with Crippen LogP contribution in [0.1, 0.15) is 31.0 Å². The molecule has 10 heavy (non-hydrogen) atoms. The molecule has 0 fully saturated rings. The van der Waals surface area contributed by atoms with Gasteiger partial charge in [0.05, 0.1) is 6.61 Å². The molecule has 0 amide bonds. The summed E-state index contributed by atoms with van der Waals surface area (Å²) in [4.78, 5) is 0. The molecule has 0 aliphatic carbocycles. The second-order valence-electron chi connectivity index (χ2n) is 2.53. The van der Waals surface area contributed by atoms with E-state index in [2.05, 4.69) is 9.68 Å². The molecule has 0 aliphatic rings. The summed E-state index contributed by atoms with van der Waals surface area (Å²) in [6.07, 6.45) is 1.58. The second-order valence-corrected chi connectivity index (χ2v) is 2.53. The first-order valence-corrected chi connectivity index (χ1v) is 3.29. The van der Waals surface area contributed by atoms with E-state index in [1.54, 1.807) is 6.26 Å². The maximum atomic E-state index is 8.73. The van der Waals surface area contributed by atoms with Crippen LogP contribution in [0.25, 0.3) is 0 Å². The summed E-state index contributed by atoms with van der Waals surface area (Å²) in [5.41, 5.74) is 1.64. The van der Waals surface area contributed by atoms with Crippen molar-refractivity contribution in [1.29, 1.82) is 0 Å². The molecule has 1 aromatic rings. The summed E-state index contributed by atoms with van der Waals surface area (Å²) in [6.45, 7) is 4.03. The van der Waals surface area contributed by atoms with Gasteiger partial charge in [-0.15, -0.1) is 0 Å². The highest BCUT2D eigenvalue weighted by molar-refractivity contribution is 5.17. The van der Waals surface area contributed by atoms with Crippen molar-refractivity contribution >= 4 is 0 Å². The average molecular weight is 141 g/mol. The lowest BCUT2D eigenvalue weighted by atomic mass is 10.1. The standard InChI is InChI=1S/C7H11NO2/c1-5(2)6-4-10-8-7(6)3-9/h4-5,9H,3H2,1-2H3. The van der Waals surface area contributed by atoms with Gasteiger partial charge < -0.3 is 9.63 Å². The highest BCUT2D eigenvalue weighted by atomic mass is 16.5. The zero-order valence-corrected chi connectivity index (χ0v) is 6.16. The lowest BCUT2D eigenvalue weighted by Crippen LogP contribution is -1.92. The maximum absolute atomic E-state index is 8.73. The number of nitrogens with zero attached hydrogens (tertiary/aromatic N) is 1. The van der Waals surface area contributed by atoms with Crippen LogP contribution in [0.4, 0.5) is 0 Å². The van der Waals surface area contributed by atoms with E-state index >= 15 is 0 Å². The molecular formula is C7H11NO2. The van der Waals surface area contributed by atoms with Gasteiger partial charge in [0.2, 0.25) is 0 Å². The quantitative estimate of drug-likeness (QED) is 0.675. The van der Waals surface area contributed by atoms with E-state index in [1.165, 1.54) is 0 Å². The fourth-order valence-electron chi connectivity index (χ4n) is 0.857. The van der Waals surface area contributed by atoms with Crippen molar-refractivity contribution < 1.29 is 9.63 Å². The van der Waals surface area contributed by atoms with Crippen LogP contribution in [0.5, 0.6) is 0 Å². The minimum absolute atomic E-state index is 0.0377. The Hall–Kier alpha value is -0.830. The predicted octanol–water partition coefficient (Wildman–Crippen LogP) is 1.29. The van der Waals surface area contributed by atoms with E-state index in [0.29, 0.717) is 11.6 Å². The van der Waals surface area contributed by atoms with Crippen molar-refractivity contribution in [3.05, 3.63) is 17.5 Å². The number of hydrogen-bond donors (Lipinski definition) is 1. The molecule has 0 aromatic carbocycles. The lowest BCUT2D eigenvalue weighted by molar-refractivity contribution is 0.265. The molecule has 0 spiro atoms. The van der Waals surface area contributed by atoms with E-state index in [-0.39, 0.29) is 6.61 Å². The van der Waals surface area contributed by atoms with Gasteiger partial charge in [-0.3, -0.25) is 0 Å². The van der Waals surface area contributed by atoms with E-state index in [9.17, 15) is 0 Å². The summed E-state index contributed by atoms with van der Waals surface area (Å²) >= 11 is 0. The van der Waals surface area contributed by atoms with Gasteiger partial charge >= 0.3 is 0 Å². The topological polar surface area (TPSA) is 46.3 Å². The van der Waals surface area contributed by atoms with Crippen molar-refractivity contribution in [3.63, 3.8) is 0 Å². The van der Waals surface area contributed by atoms with Gasteiger partial charge in [-0.1, -0.05) is 19.0 Å². The van der Waals surface area contributed by atoms with Crippen LogP contribution in [0.15, 0.2) is 10.8 Å². The van der Waals surface area contributed by atoms with Gasteiger partial charge in [0, 0.05) is 5.56 Å². The Labute approximate surface area is 59.7 Å². The Morgan fingerprint density at radius 2 is 2.40 bits per heavy atom. The molecule has 3 heteroatoms. The first-order valence-electron chi connectivity index (χ1n) is 3.29. The molecule has 1 rings (SSSR count). The van der Waals surface area contributed by atoms with E-state index in [4.69, 9.17) is 5.11 Å². The van der Waals surface area contributed by atoms with Gasteiger partial charge in [-0.25, -0.2) is 0 Å². The molecule has 0 saturated carbocycles. The van der Waals surface area contributed by atoms with Gasteiger partial charge in [0.15, 0.2) is 0 Å². The third-order valence-electron chi connectivity index (χ3n) is 1.45. The Bertz CT molecular complexity index is 205. The molecule has 56 valence electrons. The Morgan fingerprint density at radius 1 is 1.70 bits per heavy atom. The molecule has 0 bridgehead atoms. The molecule has 1 heterocycles. The fourth-order valence-corrected chi connectivity index (χ4v) is 0.857. The van der Waals surface area contributed by atoms with Gasteiger partial charge in [0.25, 0.3) is 0 Å². The van der Waals surface area contributed by atoms with Crippen LogP contribution in [0, 0.1) is 0 Å². The Morgan fingerprint density at radius 3 is 2.80 bits per heavy atom. The van der Waals surface area contributed by atoms with Crippen molar-refractivity contribution in [1.82, 2.24) is 5.16 Å². The van der Waals surface area contributed by atoms with Crippen molar-refractivity contribution in [2.45, 2.75) is 26.4 Å². The number of aromatic nitrogens is 1. The maximum Gasteiger partial charge on any atom is 0.127 e. The monoisotopic (exact) mass is 141 g/mol. The largest absolute Gasteiger partial charge is 0.390 e. The summed E-state index contributed by atoms with van der Waals surface area (Å²) in [5, 5.41) is 12.4. The summed E-state index contributed by atoms with van der Waals surface area (Å²) in [6, 6.07) is 0.